The van der Waals surface area contributed by atoms with Crippen LogP contribution >= 0.6 is 0 Å². The summed E-state index contributed by atoms with van der Waals surface area (Å²) in [5, 5.41) is 0. The van der Waals surface area contributed by atoms with Gasteiger partial charge >= 0.3 is 0 Å². The molecule has 0 N–H and O–H groups in total. The first-order valence-corrected chi connectivity index (χ1v) is 1.85. The molecule has 0 aliphatic carbocycles. The number of hydrogen-bond donors (Lipinski definition) is 0. The molecule has 0 aromatic rings. The van der Waals surface area contributed by atoms with E-state index in [2.05, 4.69) is 27.7 Å². The molecule has 0 unspecified atom stereocenters. The topological polar surface area (TPSA) is 0 Å². The Morgan fingerprint density at radius 1 is 1.14 bits per heavy atom. The smallest absolute Gasteiger partial charge is 0 e. The summed E-state index contributed by atoms with van der Waals surface area (Å²) < 4.78 is 0. The Morgan fingerprint density at radius 3 is 1.14 bits per heavy atom. The van der Waals surface area contributed by atoms with Gasteiger partial charge in [0.15, 0.2) is 0 Å². The largest absolute Gasteiger partial charge is 1.00 e. The quantitative estimate of drug-likeness (QED) is 0.383. The van der Waals surface area contributed by atoms with Crippen LogP contribution in [0.15, 0.2) is 0 Å². The Morgan fingerprint density at radius 2 is 1.14 bits per heavy atom. The average molecular weight is 263 g/mol. The first-order chi connectivity index (χ1) is 2.00. The second kappa shape index (κ2) is 5.49. The molecule has 0 fully saturated rings. The summed E-state index contributed by atoms with van der Waals surface area (Å²) in [6.45, 7) is 10.0. The molecule has 0 rings (SSSR count). The van der Waals surface area contributed by atoms with Crippen LogP contribution in [0.3, 0.4) is 0 Å². The molecule has 0 heterocycles. The van der Waals surface area contributed by atoms with E-state index in [1.807, 2.05) is 0 Å². The molecule has 0 aliphatic heterocycles. The van der Waals surface area contributed by atoms with Gasteiger partial charge in [-0.3, -0.25) is 0 Å². The van der Waals surface area contributed by atoms with Crippen molar-refractivity contribution in [3.63, 3.8) is 0 Å². The van der Waals surface area contributed by atoms with Crippen LogP contribution in [0.5, 0.6) is 0 Å². The fourth-order valence-electron chi connectivity index (χ4n) is 0. The van der Waals surface area contributed by atoms with E-state index in [1.54, 1.807) is 0 Å². The maximum Gasteiger partial charge on any atom is 0 e. The molecule has 0 amide bonds. The molecule has 0 bridgehead atoms. The van der Waals surface area contributed by atoms with Gasteiger partial charge in [0.05, 0.1) is 0 Å². The van der Waals surface area contributed by atoms with Gasteiger partial charge in [-0.1, -0.05) is 20.8 Å². The van der Waals surface area contributed by atoms with Crippen molar-refractivity contribution in [1.29, 1.82) is 0 Å². The molecule has 0 nitrogen and oxygen atoms in total. The summed E-state index contributed by atoms with van der Waals surface area (Å²) in [6, 6.07) is 0. The van der Waals surface area contributed by atoms with E-state index in [0.717, 1.165) is 0 Å². The van der Waals surface area contributed by atoms with E-state index in [-0.39, 0.29) is 48.9 Å². The van der Waals surface area contributed by atoms with Crippen molar-refractivity contribution in [2.45, 2.75) is 20.8 Å². The Hall–Kier alpha value is 1.35. The molecule has 0 aliphatic rings. The van der Waals surface area contributed by atoms with Crippen molar-refractivity contribution in [3.05, 3.63) is 6.92 Å². The third kappa shape index (κ3) is 115. The van der Waals surface area contributed by atoms with Crippen LogP contribution in [0.25, 0.3) is 0 Å². The van der Waals surface area contributed by atoms with E-state index in [1.165, 1.54) is 0 Å². The minimum absolute atomic E-state index is 0. The van der Waals surface area contributed by atoms with Crippen LogP contribution in [0.1, 0.15) is 20.8 Å². The van der Waals surface area contributed by atoms with E-state index >= 15 is 0 Å². The minimum atomic E-state index is 0. The Kier molecular flexibility index (Phi) is 12.4. The Balaban J connectivity index is -0.0000000800. The van der Waals surface area contributed by atoms with E-state index < -0.39 is 0 Å². The SMILES string of the molecule is [CH2]C(C)(C)C.[I-].[Zn]. The predicted molar refractivity (Wildman–Crippen MR) is 24.8 cm³/mol. The maximum absolute atomic E-state index is 3.77. The molecular formula is C5H11IZn-. The zero-order valence-electron chi connectivity index (χ0n) is 5.29. The van der Waals surface area contributed by atoms with Gasteiger partial charge in [0, 0.05) is 19.5 Å². The molecule has 7 heavy (non-hydrogen) atoms. The average Bonchev–Trinajstić information content (AvgIpc) is 0.722. The first kappa shape index (κ1) is 15.8. The van der Waals surface area contributed by atoms with Crippen molar-refractivity contribution in [1.82, 2.24) is 0 Å². The zero-order valence-corrected chi connectivity index (χ0v) is 10.4. The molecule has 0 aromatic heterocycles. The van der Waals surface area contributed by atoms with E-state index in [9.17, 15) is 0 Å². The summed E-state index contributed by atoms with van der Waals surface area (Å²) in [4.78, 5) is 0. The van der Waals surface area contributed by atoms with Crippen LogP contribution in [0, 0.1) is 12.3 Å². The van der Waals surface area contributed by atoms with Crippen molar-refractivity contribution in [2.75, 3.05) is 0 Å². The predicted octanol–water partition coefficient (Wildman–Crippen LogP) is -1.13. The molecule has 2 heteroatoms. The van der Waals surface area contributed by atoms with Gasteiger partial charge < -0.3 is 24.0 Å². The number of hydrogen-bond acceptors (Lipinski definition) is 0. The van der Waals surface area contributed by atoms with Crippen LogP contribution in [0.4, 0.5) is 0 Å². The normalized spacial score (nSPS) is 8.57. The molecule has 0 saturated heterocycles. The first-order valence-electron chi connectivity index (χ1n) is 1.85. The summed E-state index contributed by atoms with van der Waals surface area (Å²) in [5.74, 6) is 0. The Labute approximate surface area is 76.2 Å². The molecule has 1 radical (unpaired) electrons. The number of rotatable bonds is 0. The third-order valence-corrected chi connectivity index (χ3v) is 0. The molecule has 0 saturated carbocycles. The standard InChI is InChI=1S/C5H11.HI.Zn/c1-5(2,3)4;;/h1H2,2-4H3;1H;/p-1. The molecule has 0 spiro atoms. The van der Waals surface area contributed by atoms with E-state index in [0.29, 0.717) is 0 Å². The van der Waals surface area contributed by atoms with Gasteiger partial charge in [0.2, 0.25) is 0 Å². The van der Waals surface area contributed by atoms with Crippen molar-refractivity contribution in [2.24, 2.45) is 5.41 Å². The van der Waals surface area contributed by atoms with Crippen LogP contribution in [-0.2, 0) is 19.5 Å². The van der Waals surface area contributed by atoms with Crippen LogP contribution in [-0.4, -0.2) is 0 Å². The molecule has 0 aromatic carbocycles. The number of halogens is 1. The third-order valence-electron chi connectivity index (χ3n) is 0. The minimum Gasteiger partial charge on any atom is -1.00 e. The summed E-state index contributed by atoms with van der Waals surface area (Å²) in [7, 11) is 0. The van der Waals surface area contributed by atoms with E-state index in [4.69, 9.17) is 0 Å². The van der Waals surface area contributed by atoms with Gasteiger partial charge in [0.1, 0.15) is 0 Å². The van der Waals surface area contributed by atoms with Crippen LogP contribution < -0.4 is 24.0 Å². The van der Waals surface area contributed by atoms with Crippen molar-refractivity contribution < 1.29 is 43.5 Å². The van der Waals surface area contributed by atoms with Gasteiger partial charge in [-0.2, -0.15) is 0 Å². The Bertz CT molecular complexity index is 23.6. The fourth-order valence-corrected chi connectivity index (χ4v) is 0. The summed E-state index contributed by atoms with van der Waals surface area (Å²) in [5.41, 5.74) is 0.250. The van der Waals surface area contributed by atoms with Crippen LogP contribution in [0.2, 0.25) is 0 Å². The second-order valence-corrected chi connectivity index (χ2v) is 2.56. The zero-order chi connectivity index (χ0) is 4.50. The van der Waals surface area contributed by atoms with Gasteiger partial charge in [0.25, 0.3) is 0 Å². The molecular weight excluding hydrogens is 252 g/mol. The monoisotopic (exact) mass is 262 g/mol. The summed E-state index contributed by atoms with van der Waals surface area (Å²) in [6.07, 6.45) is 0. The fraction of sp³-hybridized carbons (Fsp3) is 0.800. The maximum atomic E-state index is 3.77. The molecule has 41 valence electrons. The van der Waals surface area contributed by atoms with Gasteiger partial charge in [-0.05, 0) is 12.3 Å². The molecule has 0 atom stereocenters. The summed E-state index contributed by atoms with van der Waals surface area (Å²) >= 11 is 0. The van der Waals surface area contributed by atoms with Crippen molar-refractivity contribution in [3.8, 4) is 0 Å². The van der Waals surface area contributed by atoms with Crippen molar-refractivity contribution >= 4 is 0 Å². The van der Waals surface area contributed by atoms with Gasteiger partial charge in [-0.15, -0.1) is 0 Å². The second-order valence-electron chi connectivity index (χ2n) is 2.56. The van der Waals surface area contributed by atoms with Gasteiger partial charge in [-0.25, -0.2) is 0 Å².